The van der Waals surface area contributed by atoms with Gasteiger partial charge in [-0.15, -0.1) is 0 Å². The first-order valence-electron chi connectivity index (χ1n) is 5.00. The number of halogens is 2. The van der Waals surface area contributed by atoms with Crippen LogP contribution >= 0.6 is 0 Å². The van der Waals surface area contributed by atoms with Crippen LogP contribution < -0.4 is 5.32 Å². The predicted molar refractivity (Wildman–Crippen MR) is 52.7 cm³/mol. The number of ether oxygens (including phenoxy) is 1. The predicted octanol–water partition coefficient (Wildman–Crippen LogP) is 1.54. The Morgan fingerprint density at radius 3 is 2.94 bits per heavy atom. The molecular weight excluding hydrogens is 216 g/mol. The summed E-state index contributed by atoms with van der Waals surface area (Å²) in [5.41, 5.74) is 0.290. The van der Waals surface area contributed by atoms with Gasteiger partial charge in [0.25, 0.3) is 0 Å². The Morgan fingerprint density at radius 1 is 1.38 bits per heavy atom. The van der Waals surface area contributed by atoms with Gasteiger partial charge in [0.2, 0.25) is 5.91 Å². The van der Waals surface area contributed by atoms with Gasteiger partial charge in [0.1, 0.15) is 18.2 Å². The second kappa shape index (κ2) is 4.57. The molecule has 1 aliphatic heterocycles. The van der Waals surface area contributed by atoms with Gasteiger partial charge in [-0.3, -0.25) is 4.79 Å². The summed E-state index contributed by atoms with van der Waals surface area (Å²) in [5.74, 6) is -1.48. The third kappa shape index (κ3) is 2.36. The van der Waals surface area contributed by atoms with Crippen LogP contribution in [-0.2, 0) is 9.53 Å². The molecule has 0 spiro atoms. The minimum Gasteiger partial charge on any atom is -0.364 e. The molecule has 1 fully saturated rings. The maximum Gasteiger partial charge on any atom is 0.246 e. The second-order valence-corrected chi connectivity index (χ2v) is 3.60. The third-order valence-electron chi connectivity index (χ3n) is 2.45. The summed E-state index contributed by atoms with van der Waals surface area (Å²) >= 11 is 0. The fourth-order valence-electron chi connectivity index (χ4n) is 1.66. The van der Waals surface area contributed by atoms with E-state index in [-0.39, 0.29) is 18.1 Å². The lowest BCUT2D eigenvalue weighted by Gasteiger charge is -2.14. The van der Waals surface area contributed by atoms with Gasteiger partial charge >= 0.3 is 0 Å². The van der Waals surface area contributed by atoms with Gasteiger partial charge < -0.3 is 10.1 Å². The largest absolute Gasteiger partial charge is 0.364 e. The summed E-state index contributed by atoms with van der Waals surface area (Å²) in [5, 5.41) is 2.61. The van der Waals surface area contributed by atoms with Crippen molar-refractivity contribution in [1.82, 2.24) is 5.32 Å². The van der Waals surface area contributed by atoms with Crippen LogP contribution in [0.25, 0.3) is 0 Å². The smallest absolute Gasteiger partial charge is 0.246 e. The highest BCUT2D eigenvalue weighted by Crippen LogP contribution is 2.25. The van der Waals surface area contributed by atoms with Gasteiger partial charge in [0.05, 0.1) is 6.10 Å². The summed E-state index contributed by atoms with van der Waals surface area (Å²) < 4.78 is 31.4. The molecule has 0 saturated carbocycles. The van der Waals surface area contributed by atoms with Crippen LogP contribution in [0.1, 0.15) is 18.1 Å². The molecule has 16 heavy (non-hydrogen) atoms. The van der Waals surface area contributed by atoms with Crippen molar-refractivity contribution in [3.05, 3.63) is 35.4 Å². The Hall–Kier alpha value is -1.49. The fourth-order valence-corrected chi connectivity index (χ4v) is 1.66. The number of hydrogen-bond acceptors (Lipinski definition) is 2. The summed E-state index contributed by atoms with van der Waals surface area (Å²) in [6.45, 7) is 0.335. The average Bonchev–Trinajstić information content (AvgIpc) is 2.43. The minimum atomic E-state index is -0.639. The molecule has 1 unspecified atom stereocenters. The highest BCUT2D eigenvalue weighted by molar-refractivity contribution is 5.77. The normalized spacial score (nSPS) is 21.4. The van der Waals surface area contributed by atoms with Crippen LogP contribution in [-0.4, -0.2) is 19.1 Å². The van der Waals surface area contributed by atoms with E-state index in [0.717, 1.165) is 6.07 Å². The average molecular weight is 227 g/mol. The van der Waals surface area contributed by atoms with Gasteiger partial charge in [-0.05, 0) is 12.5 Å². The lowest BCUT2D eigenvalue weighted by atomic mass is 10.1. The zero-order valence-corrected chi connectivity index (χ0v) is 8.50. The van der Waals surface area contributed by atoms with E-state index in [2.05, 4.69) is 5.32 Å². The summed E-state index contributed by atoms with van der Waals surface area (Å²) in [6.07, 6.45) is -0.0200. The van der Waals surface area contributed by atoms with Crippen molar-refractivity contribution in [2.75, 3.05) is 13.2 Å². The van der Waals surface area contributed by atoms with E-state index in [4.69, 9.17) is 4.74 Å². The number of benzene rings is 1. The molecule has 1 saturated heterocycles. The fraction of sp³-hybridized carbons (Fsp3) is 0.364. The first-order valence-corrected chi connectivity index (χ1v) is 5.00. The summed E-state index contributed by atoms with van der Waals surface area (Å²) in [4.78, 5) is 11.0. The lowest BCUT2D eigenvalue weighted by Crippen LogP contribution is -2.24. The maximum atomic E-state index is 13.4. The van der Waals surface area contributed by atoms with E-state index in [1.54, 1.807) is 0 Å². The maximum absolute atomic E-state index is 13.4. The Labute approximate surface area is 91.4 Å². The lowest BCUT2D eigenvalue weighted by molar-refractivity contribution is -0.125. The number of carbonyl (C=O) groups excluding carboxylic acids is 1. The molecule has 5 heteroatoms. The first-order chi connectivity index (χ1) is 7.66. The van der Waals surface area contributed by atoms with Gasteiger partial charge in [-0.25, -0.2) is 8.78 Å². The third-order valence-corrected chi connectivity index (χ3v) is 2.45. The zero-order valence-electron chi connectivity index (χ0n) is 8.50. The Balaban J connectivity index is 2.19. The number of rotatable bonds is 1. The van der Waals surface area contributed by atoms with E-state index < -0.39 is 17.7 Å². The van der Waals surface area contributed by atoms with Gasteiger partial charge in [0.15, 0.2) is 0 Å². The number of nitrogens with one attached hydrogen (secondary N) is 1. The molecule has 0 aromatic heterocycles. The van der Waals surface area contributed by atoms with Crippen molar-refractivity contribution in [3.63, 3.8) is 0 Å². The van der Waals surface area contributed by atoms with Gasteiger partial charge in [0, 0.05) is 18.2 Å². The number of amides is 1. The molecule has 1 aromatic carbocycles. The van der Waals surface area contributed by atoms with E-state index in [1.165, 1.54) is 12.1 Å². The van der Waals surface area contributed by atoms with Crippen molar-refractivity contribution in [1.29, 1.82) is 0 Å². The molecule has 3 nitrogen and oxygen atoms in total. The van der Waals surface area contributed by atoms with Gasteiger partial charge in [-0.1, -0.05) is 6.07 Å². The summed E-state index contributed by atoms with van der Waals surface area (Å²) in [6, 6.07) is 3.35. The SMILES string of the molecule is O=C1COC(c2ccc(F)cc2F)CCN1. The second-order valence-electron chi connectivity index (χ2n) is 3.60. The molecule has 1 aliphatic rings. The van der Waals surface area contributed by atoms with E-state index >= 15 is 0 Å². The Morgan fingerprint density at radius 2 is 2.19 bits per heavy atom. The topological polar surface area (TPSA) is 38.3 Å². The van der Waals surface area contributed by atoms with Crippen LogP contribution in [0.15, 0.2) is 18.2 Å². The molecule has 86 valence electrons. The first kappa shape index (κ1) is 11.0. The van der Waals surface area contributed by atoms with Gasteiger partial charge in [-0.2, -0.15) is 0 Å². The van der Waals surface area contributed by atoms with Crippen LogP contribution in [0.3, 0.4) is 0 Å². The molecule has 2 rings (SSSR count). The van der Waals surface area contributed by atoms with E-state index in [1.807, 2.05) is 0 Å². The molecule has 1 atom stereocenters. The molecule has 1 heterocycles. The quantitative estimate of drug-likeness (QED) is 0.790. The molecule has 0 bridgehead atoms. The van der Waals surface area contributed by atoms with Crippen molar-refractivity contribution in [3.8, 4) is 0 Å². The zero-order chi connectivity index (χ0) is 11.5. The van der Waals surface area contributed by atoms with Crippen molar-refractivity contribution >= 4 is 5.91 Å². The van der Waals surface area contributed by atoms with Crippen molar-refractivity contribution in [2.24, 2.45) is 0 Å². The molecule has 1 amide bonds. The van der Waals surface area contributed by atoms with E-state index in [9.17, 15) is 13.6 Å². The Bertz CT molecular complexity index is 409. The molecule has 0 aliphatic carbocycles. The van der Waals surface area contributed by atoms with Crippen LogP contribution in [0, 0.1) is 11.6 Å². The van der Waals surface area contributed by atoms with Crippen LogP contribution in [0.4, 0.5) is 8.78 Å². The summed E-state index contributed by atoms with van der Waals surface area (Å²) in [7, 11) is 0. The monoisotopic (exact) mass is 227 g/mol. The molecule has 0 radical (unpaired) electrons. The number of carbonyl (C=O) groups is 1. The van der Waals surface area contributed by atoms with E-state index in [0.29, 0.717) is 13.0 Å². The van der Waals surface area contributed by atoms with Crippen molar-refractivity contribution < 1.29 is 18.3 Å². The van der Waals surface area contributed by atoms with Crippen LogP contribution in [0.2, 0.25) is 0 Å². The standard InChI is InChI=1S/C11H11F2NO2/c12-7-1-2-8(9(13)5-7)10-3-4-14-11(15)6-16-10/h1-2,5,10H,3-4,6H2,(H,14,15). The molecule has 1 N–H and O–H groups in total. The molecule has 1 aromatic rings. The number of hydrogen-bond donors (Lipinski definition) is 1. The molecular formula is C11H11F2NO2. The minimum absolute atomic E-state index is 0.0958. The van der Waals surface area contributed by atoms with Crippen molar-refractivity contribution in [2.45, 2.75) is 12.5 Å². The highest BCUT2D eigenvalue weighted by Gasteiger charge is 2.21. The highest BCUT2D eigenvalue weighted by atomic mass is 19.1. The van der Waals surface area contributed by atoms with Crippen LogP contribution in [0.5, 0.6) is 0 Å². The Kier molecular flexibility index (Phi) is 3.14.